The van der Waals surface area contributed by atoms with Gasteiger partial charge in [-0.15, -0.1) is 0 Å². The van der Waals surface area contributed by atoms with Gasteiger partial charge in [-0.05, 0) is 41.8 Å². The summed E-state index contributed by atoms with van der Waals surface area (Å²) in [6.45, 7) is 2.09. The lowest BCUT2D eigenvalue weighted by Crippen LogP contribution is -2.14. The Kier molecular flexibility index (Phi) is 4.18. The zero-order valence-corrected chi connectivity index (χ0v) is 10.9. The molecule has 0 radical (unpaired) electrons. The van der Waals surface area contributed by atoms with Gasteiger partial charge in [-0.3, -0.25) is 4.79 Å². The summed E-state index contributed by atoms with van der Waals surface area (Å²) in [5.74, 6) is 0.0902. The number of benzene rings is 2. The molecule has 3 nitrogen and oxygen atoms in total. The van der Waals surface area contributed by atoms with E-state index in [4.69, 9.17) is 0 Å². The first-order chi connectivity index (χ1) is 9.17. The fourth-order valence-corrected chi connectivity index (χ4v) is 1.88. The average Bonchev–Trinajstić information content (AvgIpc) is 2.39. The number of aromatic hydroxyl groups is 1. The summed E-state index contributed by atoms with van der Waals surface area (Å²) in [4.78, 5) is 11.9. The van der Waals surface area contributed by atoms with Crippen molar-refractivity contribution in [3.8, 4) is 5.75 Å². The number of carbonyl (C=O) groups is 1. The number of hydrogen-bond donors (Lipinski definition) is 2. The summed E-state index contributed by atoms with van der Waals surface area (Å²) in [6, 6.07) is 14.5. The number of anilines is 1. The van der Waals surface area contributed by atoms with E-state index in [0.29, 0.717) is 0 Å². The van der Waals surface area contributed by atoms with Crippen LogP contribution in [0.15, 0.2) is 48.5 Å². The number of amides is 1. The maximum Gasteiger partial charge on any atom is 0.228 e. The van der Waals surface area contributed by atoms with Gasteiger partial charge in [0, 0.05) is 5.69 Å². The smallest absolute Gasteiger partial charge is 0.228 e. The van der Waals surface area contributed by atoms with E-state index in [-0.39, 0.29) is 18.1 Å². The maximum absolute atomic E-state index is 11.9. The molecule has 2 aromatic carbocycles. The molecule has 0 heterocycles. The van der Waals surface area contributed by atoms with Crippen LogP contribution in [0.25, 0.3) is 0 Å². The highest BCUT2D eigenvalue weighted by Gasteiger charge is 2.04. The second-order valence-corrected chi connectivity index (χ2v) is 4.45. The number of phenols is 1. The molecular weight excluding hydrogens is 238 g/mol. The van der Waals surface area contributed by atoms with Crippen LogP contribution in [0.1, 0.15) is 18.1 Å². The van der Waals surface area contributed by atoms with Gasteiger partial charge in [0.25, 0.3) is 0 Å². The molecule has 3 heteroatoms. The van der Waals surface area contributed by atoms with E-state index in [2.05, 4.69) is 12.2 Å². The molecule has 0 spiro atoms. The van der Waals surface area contributed by atoms with Crippen molar-refractivity contribution in [3.05, 3.63) is 59.7 Å². The Morgan fingerprint density at radius 2 is 1.84 bits per heavy atom. The first-order valence-corrected chi connectivity index (χ1v) is 6.34. The van der Waals surface area contributed by atoms with Gasteiger partial charge in [-0.2, -0.15) is 0 Å². The lowest BCUT2D eigenvalue weighted by molar-refractivity contribution is -0.115. The van der Waals surface area contributed by atoms with E-state index in [0.717, 1.165) is 17.7 Å². The molecule has 0 saturated carbocycles. The molecule has 2 rings (SSSR count). The Bertz CT molecular complexity index is 561. The van der Waals surface area contributed by atoms with Crippen LogP contribution in [-0.2, 0) is 17.6 Å². The SMILES string of the molecule is CCc1ccc(NC(=O)Cc2cccc(O)c2)cc1. The number of carbonyl (C=O) groups excluding carboxylic acids is 1. The number of nitrogens with one attached hydrogen (secondary N) is 1. The molecule has 2 aromatic rings. The standard InChI is InChI=1S/C16H17NO2/c1-2-12-6-8-14(9-7-12)17-16(19)11-13-4-3-5-15(18)10-13/h3-10,18H,2,11H2,1H3,(H,17,19). The van der Waals surface area contributed by atoms with E-state index in [1.54, 1.807) is 18.2 Å². The van der Waals surface area contributed by atoms with Crippen molar-refractivity contribution >= 4 is 11.6 Å². The third kappa shape index (κ3) is 3.85. The molecule has 19 heavy (non-hydrogen) atoms. The van der Waals surface area contributed by atoms with E-state index in [1.165, 1.54) is 5.56 Å². The molecule has 98 valence electrons. The van der Waals surface area contributed by atoms with E-state index in [1.807, 2.05) is 30.3 Å². The van der Waals surface area contributed by atoms with E-state index >= 15 is 0 Å². The third-order valence-electron chi connectivity index (χ3n) is 2.92. The molecule has 0 atom stereocenters. The molecule has 2 N–H and O–H groups in total. The van der Waals surface area contributed by atoms with Crippen LogP contribution in [0.4, 0.5) is 5.69 Å². The van der Waals surface area contributed by atoms with Gasteiger partial charge < -0.3 is 10.4 Å². The highest BCUT2D eigenvalue weighted by Crippen LogP contribution is 2.13. The summed E-state index contributed by atoms with van der Waals surface area (Å²) < 4.78 is 0. The summed E-state index contributed by atoms with van der Waals surface area (Å²) in [5, 5.41) is 12.2. The first kappa shape index (κ1) is 13.1. The van der Waals surface area contributed by atoms with Crippen molar-refractivity contribution in [2.24, 2.45) is 0 Å². The van der Waals surface area contributed by atoms with Crippen LogP contribution in [-0.4, -0.2) is 11.0 Å². The van der Waals surface area contributed by atoms with Crippen LogP contribution in [0.5, 0.6) is 5.75 Å². The van der Waals surface area contributed by atoms with Gasteiger partial charge in [0.05, 0.1) is 6.42 Å². The molecule has 0 aliphatic heterocycles. The van der Waals surface area contributed by atoms with Crippen molar-refractivity contribution in [1.29, 1.82) is 0 Å². The van der Waals surface area contributed by atoms with Crippen molar-refractivity contribution in [1.82, 2.24) is 0 Å². The van der Waals surface area contributed by atoms with Crippen molar-refractivity contribution in [2.75, 3.05) is 5.32 Å². The summed E-state index contributed by atoms with van der Waals surface area (Å²) >= 11 is 0. The Balaban J connectivity index is 1.97. The second-order valence-electron chi connectivity index (χ2n) is 4.45. The summed E-state index contributed by atoms with van der Waals surface area (Å²) in [6.07, 6.45) is 1.24. The Labute approximate surface area is 112 Å². The van der Waals surface area contributed by atoms with Gasteiger partial charge in [0.2, 0.25) is 5.91 Å². The zero-order valence-electron chi connectivity index (χ0n) is 10.9. The lowest BCUT2D eigenvalue weighted by atomic mass is 10.1. The van der Waals surface area contributed by atoms with Crippen LogP contribution >= 0.6 is 0 Å². The van der Waals surface area contributed by atoms with Crippen LogP contribution in [0.2, 0.25) is 0 Å². The monoisotopic (exact) mass is 255 g/mol. The molecule has 0 fully saturated rings. The molecule has 0 saturated heterocycles. The highest BCUT2D eigenvalue weighted by atomic mass is 16.3. The van der Waals surface area contributed by atoms with Crippen LogP contribution in [0, 0.1) is 0 Å². The number of hydrogen-bond acceptors (Lipinski definition) is 2. The van der Waals surface area contributed by atoms with Crippen LogP contribution in [0.3, 0.4) is 0 Å². The Hall–Kier alpha value is -2.29. The lowest BCUT2D eigenvalue weighted by Gasteiger charge is -2.06. The predicted molar refractivity (Wildman–Crippen MR) is 76.3 cm³/mol. The average molecular weight is 255 g/mol. The molecule has 0 aromatic heterocycles. The Morgan fingerprint density at radius 3 is 2.47 bits per heavy atom. The molecule has 0 aliphatic rings. The third-order valence-corrected chi connectivity index (χ3v) is 2.92. The zero-order chi connectivity index (χ0) is 13.7. The van der Waals surface area contributed by atoms with Gasteiger partial charge in [0.15, 0.2) is 0 Å². The van der Waals surface area contributed by atoms with Gasteiger partial charge in [-0.25, -0.2) is 0 Å². The fraction of sp³-hybridized carbons (Fsp3) is 0.188. The van der Waals surface area contributed by atoms with Gasteiger partial charge >= 0.3 is 0 Å². The highest BCUT2D eigenvalue weighted by molar-refractivity contribution is 5.92. The van der Waals surface area contributed by atoms with E-state index < -0.39 is 0 Å². The summed E-state index contributed by atoms with van der Waals surface area (Å²) in [7, 11) is 0. The Morgan fingerprint density at radius 1 is 1.11 bits per heavy atom. The normalized spacial score (nSPS) is 10.2. The summed E-state index contributed by atoms with van der Waals surface area (Å²) in [5.41, 5.74) is 2.83. The van der Waals surface area contributed by atoms with Crippen molar-refractivity contribution in [3.63, 3.8) is 0 Å². The molecule has 0 aliphatic carbocycles. The topological polar surface area (TPSA) is 49.3 Å². The molecule has 0 unspecified atom stereocenters. The second kappa shape index (κ2) is 6.05. The predicted octanol–water partition coefficient (Wildman–Crippen LogP) is 3.14. The maximum atomic E-state index is 11.9. The number of phenolic OH excluding ortho intramolecular Hbond substituents is 1. The largest absolute Gasteiger partial charge is 0.508 e. The minimum Gasteiger partial charge on any atom is -0.508 e. The quantitative estimate of drug-likeness (QED) is 0.881. The van der Waals surface area contributed by atoms with Gasteiger partial charge in [0.1, 0.15) is 5.75 Å². The van der Waals surface area contributed by atoms with Crippen LogP contribution < -0.4 is 5.32 Å². The van der Waals surface area contributed by atoms with Crippen molar-refractivity contribution in [2.45, 2.75) is 19.8 Å². The van der Waals surface area contributed by atoms with E-state index in [9.17, 15) is 9.90 Å². The first-order valence-electron chi connectivity index (χ1n) is 6.34. The molecule has 0 bridgehead atoms. The molecule has 1 amide bonds. The number of aryl methyl sites for hydroxylation is 1. The van der Waals surface area contributed by atoms with Crippen molar-refractivity contribution < 1.29 is 9.90 Å². The minimum absolute atomic E-state index is 0.0881. The fourth-order valence-electron chi connectivity index (χ4n) is 1.88. The minimum atomic E-state index is -0.0881. The molecular formula is C16H17NO2. The van der Waals surface area contributed by atoms with Gasteiger partial charge in [-0.1, -0.05) is 31.2 Å². The number of rotatable bonds is 4.